The van der Waals surface area contributed by atoms with Crippen molar-refractivity contribution in [1.82, 2.24) is 9.97 Å². The van der Waals surface area contributed by atoms with Crippen LogP contribution < -0.4 is 10.1 Å². The Kier molecular flexibility index (Phi) is 6.63. The molecular formula is C24H23N3O4S. The van der Waals surface area contributed by atoms with Gasteiger partial charge in [-0.05, 0) is 35.2 Å². The Morgan fingerprint density at radius 1 is 1.16 bits per heavy atom. The number of ether oxygens (including phenoxy) is 1. The fourth-order valence-electron chi connectivity index (χ4n) is 3.57. The predicted molar refractivity (Wildman–Crippen MR) is 126 cm³/mol. The van der Waals surface area contributed by atoms with E-state index in [4.69, 9.17) is 9.84 Å². The van der Waals surface area contributed by atoms with Crippen molar-refractivity contribution < 1.29 is 19.7 Å². The van der Waals surface area contributed by atoms with Crippen molar-refractivity contribution >= 4 is 33.9 Å². The largest absolute Gasteiger partial charge is 0.489 e. The number of aliphatic hydroxyl groups excluding tert-OH is 1. The maximum atomic E-state index is 11.5. The summed E-state index contributed by atoms with van der Waals surface area (Å²) in [5, 5.41) is 24.2. The minimum absolute atomic E-state index is 0.0290. The molecule has 164 valence electrons. The third kappa shape index (κ3) is 4.71. The number of hydrogen-bond acceptors (Lipinski definition) is 7. The minimum atomic E-state index is -1.08. The van der Waals surface area contributed by atoms with Gasteiger partial charge in [0.15, 0.2) is 4.88 Å². The van der Waals surface area contributed by atoms with Gasteiger partial charge in [0.05, 0.1) is 17.2 Å². The maximum Gasteiger partial charge on any atom is 0.349 e. The molecule has 7 nitrogen and oxygen atoms in total. The number of rotatable bonds is 9. The molecule has 0 fully saturated rings. The summed E-state index contributed by atoms with van der Waals surface area (Å²) in [5.41, 5.74) is 3.17. The molecule has 4 rings (SSSR count). The van der Waals surface area contributed by atoms with Gasteiger partial charge in [-0.25, -0.2) is 14.8 Å². The highest BCUT2D eigenvalue weighted by Crippen LogP contribution is 2.36. The number of fused-ring (bicyclic) bond motifs is 1. The standard InChI is InChI=1S/C24H23N3O4S/c1-15-16(6-7-17-4-2-3-5-18(15)17)8-9-25-22-12-19(26-14-27-22)21-13-20(31-11-10-28)23(32-21)24(29)30/h2-7,12-14,28H,8-11H2,1H3,(H,29,30)(H,25,26,27). The lowest BCUT2D eigenvalue weighted by atomic mass is 9.98. The van der Waals surface area contributed by atoms with Crippen molar-refractivity contribution in [1.29, 1.82) is 0 Å². The van der Waals surface area contributed by atoms with Crippen molar-refractivity contribution in [3.8, 4) is 16.3 Å². The van der Waals surface area contributed by atoms with Gasteiger partial charge in [0.25, 0.3) is 0 Å². The highest BCUT2D eigenvalue weighted by atomic mass is 32.1. The highest BCUT2D eigenvalue weighted by Gasteiger charge is 2.18. The van der Waals surface area contributed by atoms with Crippen LogP contribution in [-0.4, -0.2) is 45.9 Å². The molecule has 0 bridgehead atoms. The normalized spacial score (nSPS) is 10.9. The summed E-state index contributed by atoms with van der Waals surface area (Å²) >= 11 is 1.08. The zero-order chi connectivity index (χ0) is 22.5. The third-order valence-corrected chi connectivity index (χ3v) is 6.30. The van der Waals surface area contributed by atoms with Crippen molar-refractivity contribution in [2.45, 2.75) is 13.3 Å². The van der Waals surface area contributed by atoms with Crippen LogP contribution in [-0.2, 0) is 6.42 Å². The van der Waals surface area contributed by atoms with Crippen LogP contribution >= 0.6 is 11.3 Å². The highest BCUT2D eigenvalue weighted by molar-refractivity contribution is 7.17. The molecule has 0 atom stereocenters. The molecule has 0 saturated carbocycles. The Balaban J connectivity index is 1.47. The second kappa shape index (κ2) is 9.76. The first kappa shape index (κ1) is 21.7. The van der Waals surface area contributed by atoms with Crippen LogP contribution in [0.1, 0.15) is 20.8 Å². The molecule has 0 aliphatic heterocycles. The van der Waals surface area contributed by atoms with Crippen molar-refractivity contribution in [2.75, 3.05) is 25.1 Å². The third-order valence-electron chi connectivity index (χ3n) is 5.17. The average Bonchev–Trinajstić information content (AvgIpc) is 3.24. The molecule has 32 heavy (non-hydrogen) atoms. The minimum Gasteiger partial charge on any atom is -0.489 e. The van der Waals surface area contributed by atoms with Gasteiger partial charge in [0.1, 0.15) is 24.5 Å². The van der Waals surface area contributed by atoms with Crippen LogP contribution in [0.3, 0.4) is 0 Å². The number of anilines is 1. The molecule has 0 saturated heterocycles. The number of aliphatic hydroxyl groups is 1. The molecule has 4 aromatic rings. The Morgan fingerprint density at radius 3 is 2.81 bits per heavy atom. The van der Waals surface area contributed by atoms with Crippen LogP contribution in [0.4, 0.5) is 5.82 Å². The van der Waals surface area contributed by atoms with E-state index in [1.54, 1.807) is 12.1 Å². The number of nitrogens with one attached hydrogen (secondary N) is 1. The Labute approximate surface area is 189 Å². The molecule has 0 spiro atoms. The number of nitrogens with zero attached hydrogens (tertiary/aromatic N) is 2. The first-order valence-electron chi connectivity index (χ1n) is 10.2. The van der Waals surface area contributed by atoms with E-state index in [2.05, 4.69) is 52.5 Å². The Hall–Kier alpha value is -3.49. The second-order valence-corrected chi connectivity index (χ2v) is 8.27. The zero-order valence-corrected chi connectivity index (χ0v) is 18.4. The summed E-state index contributed by atoms with van der Waals surface area (Å²) in [6.45, 7) is 2.68. The molecule has 2 aromatic carbocycles. The second-order valence-electron chi connectivity index (χ2n) is 7.22. The number of benzene rings is 2. The number of thiophene rings is 1. The zero-order valence-electron chi connectivity index (χ0n) is 17.5. The lowest BCUT2D eigenvalue weighted by Crippen LogP contribution is -2.07. The van der Waals surface area contributed by atoms with E-state index >= 15 is 0 Å². The van der Waals surface area contributed by atoms with Gasteiger partial charge in [0, 0.05) is 18.7 Å². The fraction of sp³-hybridized carbons (Fsp3) is 0.208. The number of carbonyl (C=O) groups is 1. The molecule has 3 N–H and O–H groups in total. The summed E-state index contributed by atoms with van der Waals surface area (Å²) in [7, 11) is 0. The lowest BCUT2D eigenvalue weighted by Gasteiger charge is -2.11. The van der Waals surface area contributed by atoms with Crippen molar-refractivity contribution in [3.63, 3.8) is 0 Å². The lowest BCUT2D eigenvalue weighted by molar-refractivity contribution is 0.0696. The fourth-order valence-corrected chi connectivity index (χ4v) is 4.48. The number of carboxylic acid groups (broad SMARTS) is 1. The summed E-state index contributed by atoms with van der Waals surface area (Å²) in [4.78, 5) is 20.8. The molecular weight excluding hydrogens is 426 g/mol. The smallest absolute Gasteiger partial charge is 0.349 e. The maximum absolute atomic E-state index is 11.5. The first-order valence-corrected chi connectivity index (χ1v) is 11.0. The SMILES string of the molecule is Cc1c(CCNc2cc(-c3cc(OCCO)c(C(=O)O)s3)ncn2)ccc2ccccc12. The van der Waals surface area contributed by atoms with Crippen LogP contribution in [0.2, 0.25) is 0 Å². The number of aromatic carboxylic acids is 1. The number of aromatic nitrogens is 2. The predicted octanol–water partition coefficient (Wildman–Crippen LogP) is 4.39. The summed E-state index contributed by atoms with van der Waals surface area (Å²) in [6.07, 6.45) is 2.30. The number of aryl methyl sites for hydroxylation is 1. The van der Waals surface area contributed by atoms with Gasteiger partial charge in [-0.15, -0.1) is 11.3 Å². The van der Waals surface area contributed by atoms with E-state index in [1.165, 1.54) is 28.2 Å². The molecule has 0 aliphatic carbocycles. The summed E-state index contributed by atoms with van der Waals surface area (Å²) in [5.74, 6) is -0.185. The van der Waals surface area contributed by atoms with Gasteiger partial charge in [-0.1, -0.05) is 36.4 Å². The summed E-state index contributed by atoms with van der Waals surface area (Å²) in [6, 6.07) is 16.1. The van der Waals surface area contributed by atoms with Gasteiger partial charge in [-0.3, -0.25) is 0 Å². The molecule has 0 radical (unpaired) electrons. The topological polar surface area (TPSA) is 105 Å². The Morgan fingerprint density at radius 2 is 2.00 bits per heavy atom. The van der Waals surface area contributed by atoms with Crippen molar-refractivity contribution in [2.24, 2.45) is 0 Å². The monoisotopic (exact) mass is 449 g/mol. The average molecular weight is 450 g/mol. The van der Waals surface area contributed by atoms with Crippen LogP contribution in [0.25, 0.3) is 21.3 Å². The molecule has 8 heteroatoms. The number of hydrogen-bond donors (Lipinski definition) is 3. The van der Waals surface area contributed by atoms with E-state index in [1.807, 2.05) is 6.07 Å². The van der Waals surface area contributed by atoms with Crippen LogP contribution in [0.5, 0.6) is 5.75 Å². The van der Waals surface area contributed by atoms with Gasteiger partial charge < -0.3 is 20.3 Å². The molecule has 2 heterocycles. The Bertz CT molecular complexity index is 1260. The molecule has 2 aromatic heterocycles. The molecule has 0 aliphatic rings. The first-order chi connectivity index (χ1) is 15.6. The summed E-state index contributed by atoms with van der Waals surface area (Å²) < 4.78 is 5.36. The van der Waals surface area contributed by atoms with Gasteiger partial charge in [-0.2, -0.15) is 0 Å². The van der Waals surface area contributed by atoms with Crippen molar-refractivity contribution in [3.05, 3.63) is 70.9 Å². The molecule has 0 amide bonds. The molecule has 0 unspecified atom stereocenters. The van der Waals surface area contributed by atoms with E-state index in [0.717, 1.165) is 17.8 Å². The van der Waals surface area contributed by atoms with Gasteiger partial charge >= 0.3 is 5.97 Å². The van der Waals surface area contributed by atoms with Crippen LogP contribution in [0.15, 0.2) is 54.9 Å². The van der Waals surface area contributed by atoms with E-state index in [0.29, 0.717) is 22.9 Å². The van der Waals surface area contributed by atoms with Crippen LogP contribution in [0, 0.1) is 6.92 Å². The van der Waals surface area contributed by atoms with E-state index < -0.39 is 5.97 Å². The van der Waals surface area contributed by atoms with Gasteiger partial charge in [0.2, 0.25) is 0 Å². The quantitative estimate of drug-likeness (QED) is 0.348. The van der Waals surface area contributed by atoms with E-state index in [9.17, 15) is 9.90 Å². The number of carboxylic acids is 1. The van der Waals surface area contributed by atoms with E-state index in [-0.39, 0.29) is 23.8 Å².